The highest BCUT2D eigenvalue weighted by atomic mass is 16.5. The first-order valence-corrected chi connectivity index (χ1v) is 11.4. The maximum atomic E-state index is 11.8. The van der Waals surface area contributed by atoms with Crippen LogP contribution in [0.2, 0.25) is 0 Å². The van der Waals surface area contributed by atoms with Gasteiger partial charge < -0.3 is 20.7 Å². The van der Waals surface area contributed by atoms with Gasteiger partial charge in [0.25, 0.3) is 5.91 Å². The van der Waals surface area contributed by atoms with Crippen molar-refractivity contribution in [2.24, 2.45) is 11.7 Å². The van der Waals surface area contributed by atoms with Crippen LogP contribution in [0.5, 0.6) is 5.75 Å². The molecule has 0 radical (unpaired) electrons. The van der Waals surface area contributed by atoms with E-state index in [2.05, 4.69) is 15.5 Å². The number of amides is 2. The van der Waals surface area contributed by atoms with Crippen LogP contribution >= 0.6 is 0 Å². The molecular formula is C23H34N4O3. The number of ether oxygens (including phenoxy) is 1. The number of hydrogen-bond acceptors (Lipinski definition) is 6. The maximum absolute atomic E-state index is 11.8. The average Bonchev–Trinajstić information content (AvgIpc) is 2.76. The van der Waals surface area contributed by atoms with Gasteiger partial charge in [0, 0.05) is 37.2 Å². The lowest BCUT2D eigenvalue weighted by molar-refractivity contribution is -0.138. The molecule has 0 aromatic heterocycles. The molecule has 1 aromatic rings. The quantitative estimate of drug-likeness (QED) is 0.618. The average molecular weight is 415 g/mol. The molecule has 4 N–H and O–H groups in total. The highest BCUT2D eigenvalue weighted by molar-refractivity contribution is 5.99. The van der Waals surface area contributed by atoms with Crippen LogP contribution in [0.15, 0.2) is 24.3 Å². The van der Waals surface area contributed by atoms with Gasteiger partial charge in [0.2, 0.25) is 5.91 Å². The summed E-state index contributed by atoms with van der Waals surface area (Å²) in [4.78, 5) is 25.7. The van der Waals surface area contributed by atoms with E-state index in [-0.39, 0.29) is 11.8 Å². The van der Waals surface area contributed by atoms with Gasteiger partial charge in [0.1, 0.15) is 5.75 Å². The normalized spacial score (nSPS) is 28.8. The Hall–Kier alpha value is -2.12. The van der Waals surface area contributed by atoms with E-state index in [9.17, 15) is 9.59 Å². The van der Waals surface area contributed by atoms with Gasteiger partial charge in [-0.3, -0.25) is 14.9 Å². The van der Waals surface area contributed by atoms with Crippen molar-refractivity contribution in [2.45, 2.75) is 69.6 Å². The fourth-order valence-electron chi connectivity index (χ4n) is 4.85. The second-order valence-electron chi connectivity index (χ2n) is 9.01. The number of nitrogens with two attached hydrogens (primary N) is 1. The Labute approximate surface area is 178 Å². The molecule has 2 heterocycles. The molecule has 2 amide bonds. The van der Waals surface area contributed by atoms with E-state index in [0.717, 1.165) is 18.3 Å². The number of benzene rings is 1. The van der Waals surface area contributed by atoms with Crippen molar-refractivity contribution in [3.63, 3.8) is 0 Å². The van der Waals surface area contributed by atoms with Crippen molar-refractivity contribution in [2.75, 3.05) is 25.0 Å². The third-order valence-electron chi connectivity index (χ3n) is 6.82. The summed E-state index contributed by atoms with van der Waals surface area (Å²) in [5.41, 5.74) is 7.11. The molecule has 0 bridgehead atoms. The summed E-state index contributed by atoms with van der Waals surface area (Å²) in [6.07, 6.45) is 7.52. The van der Waals surface area contributed by atoms with Crippen LogP contribution in [0, 0.1) is 5.92 Å². The number of carbonyl (C=O) groups is 2. The zero-order chi connectivity index (χ0) is 20.9. The summed E-state index contributed by atoms with van der Waals surface area (Å²) in [6, 6.07) is 8.90. The van der Waals surface area contributed by atoms with Crippen molar-refractivity contribution in [1.29, 1.82) is 0 Å². The highest BCUT2D eigenvalue weighted by Crippen LogP contribution is 2.27. The molecular weight excluding hydrogens is 380 g/mol. The van der Waals surface area contributed by atoms with E-state index in [0.29, 0.717) is 30.6 Å². The topological polar surface area (TPSA) is 96.7 Å². The molecule has 1 unspecified atom stereocenters. The van der Waals surface area contributed by atoms with Crippen LogP contribution < -0.4 is 21.1 Å². The Morgan fingerprint density at radius 3 is 2.37 bits per heavy atom. The van der Waals surface area contributed by atoms with E-state index in [1.54, 1.807) is 0 Å². The van der Waals surface area contributed by atoms with Gasteiger partial charge in [-0.2, -0.15) is 0 Å². The molecule has 30 heavy (non-hydrogen) atoms. The number of anilines is 1. The molecule has 1 atom stereocenters. The monoisotopic (exact) mass is 414 g/mol. The maximum Gasteiger partial charge on any atom is 0.267 e. The standard InChI is InChI=1S/C23H34N4O3/c24-17-1-5-19(6-2-17)27-13-11-16(12-14-27)15-25-18-3-7-20(8-4-18)30-21-9-10-22(28)26-23(21)29/h3-4,7-8,16-17,19,21,25H,1-2,5-6,9-15,24H2,(H,26,28,29). The third-order valence-corrected chi connectivity index (χ3v) is 6.82. The third kappa shape index (κ3) is 5.52. The molecule has 3 fully saturated rings. The predicted octanol–water partition coefficient (Wildman–Crippen LogP) is 2.26. The van der Waals surface area contributed by atoms with Gasteiger partial charge in [-0.15, -0.1) is 0 Å². The zero-order valence-electron chi connectivity index (χ0n) is 17.6. The number of nitrogens with one attached hydrogen (secondary N) is 2. The van der Waals surface area contributed by atoms with E-state index >= 15 is 0 Å². The van der Waals surface area contributed by atoms with E-state index in [1.165, 1.54) is 51.6 Å². The van der Waals surface area contributed by atoms with Crippen LogP contribution in [-0.2, 0) is 9.59 Å². The van der Waals surface area contributed by atoms with Crippen LogP contribution in [0.3, 0.4) is 0 Å². The van der Waals surface area contributed by atoms with E-state index in [4.69, 9.17) is 10.5 Å². The Morgan fingerprint density at radius 2 is 1.70 bits per heavy atom. The summed E-state index contributed by atoms with van der Waals surface area (Å²) < 4.78 is 5.74. The Balaban J connectivity index is 1.18. The van der Waals surface area contributed by atoms with Gasteiger partial charge in [0.15, 0.2) is 6.10 Å². The minimum atomic E-state index is -0.591. The van der Waals surface area contributed by atoms with Gasteiger partial charge >= 0.3 is 0 Å². The Kier molecular flexibility index (Phi) is 6.89. The second-order valence-corrected chi connectivity index (χ2v) is 9.01. The second kappa shape index (κ2) is 9.79. The van der Waals surface area contributed by atoms with Gasteiger partial charge in [-0.25, -0.2) is 0 Å². The lowest BCUT2D eigenvalue weighted by atomic mass is 9.88. The molecule has 0 spiro atoms. The van der Waals surface area contributed by atoms with Crippen molar-refractivity contribution in [3.05, 3.63) is 24.3 Å². The molecule has 7 nitrogen and oxygen atoms in total. The zero-order valence-corrected chi connectivity index (χ0v) is 17.6. The molecule has 1 aliphatic carbocycles. The number of hydrogen-bond donors (Lipinski definition) is 3. The molecule has 3 aliphatic rings. The molecule has 7 heteroatoms. The molecule has 164 valence electrons. The van der Waals surface area contributed by atoms with Crippen LogP contribution in [0.4, 0.5) is 5.69 Å². The van der Waals surface area contributed by atoms with Crippen LogP contribution in [-0.4, -0.2) is 54.5 Å². The molecule has 2 aliphatic heterocycles. The summed E-state index contributed by atoms with van der Waals surface area (Å²) in [7, 11) is 0. The summed E-state index contributed by atoms with van der Waals surface area (Å²) in [5, 5.41) is 5.86. The molecule has 2 saturated heterocycles. The van der Waals surface area contributed by atoms with Gasteiger partial charge in [-0.05, 0) is 81.8 Å². The number of carbonyl (C=O) groups excluding carboxylic acids is 2. The molecule has 1 saturated carbocycles. The van der Waals surface area contributed by atoms with Gasteiger partial charge in [0.05, 0.1) is 0 Å². The highest BCUT2D eigenvalue weighted by Gasteiger charge is 2.29. The van der Waals surface area contributed by atoms with Crippen LogP contribution in [0.25, 0.3) is 0 Å². The minimum absolute atomic E-state index is 0.229. The first-order chi connectivity index (χ1) is 14.6. The van der Waals surface area contributed by atoms with Crippen molar-refractivity contribution >= 4 is 17.5 Å². The largest absolute Gasteiger partial charge is 0.481 e. The van der Waals surface area contributed by atoms with Gasteiger partial charge in [-0.1, -0.05) is 0 Å². The lowest BCUT2D eigenvalue weighted by Crippen LogP contribution is -2.46. The number of imide groups is 1. The van der Waals surface area contributed by atoms with Crippen LogP contribution in [0.1, 0.15) is 51.4 Å². The van der Waals surface area contributed by atoms with E-state index < -0.39 is 6.10 Å². The molecule has 4 rings (SSSR count). The number of likely N-dealkylation sites (tertiary alicyclic amines) is 1. The predicted molar refractivity (Wildman–Crippen MR) is 116 cm³/mol. The Bertz CT molecular complexity index is 722. The van der Waals surface area contributed by atoms with Crippen molar-refractivity contribution < 1.29 is 14.3 Å². The number of piperidine rings is 2. The fraction of sp³-hybridized carbons (Fsp3) is 0.652. The van der Waals surface area contributed by atoms with Crippen molar-refractivity contribution in [1.82, 2.24) is 10.2 Å². The first kappa shape index (κ1) is 21.1. The summed E-state index contributed by atoms with van der Waals surface area (Å²) >= 11 is 0. The summed E-state index contributed by atoms with van der Waals surface area (Å²) in [6.45, 7) is 3.38. The Morgan fingerprint density at radius 1 is 1.00 bits per heavy atom. The smallest absolute Gasteiger partial charge is 0.267 e. The minimum Gasteiger partial charge on any atom is -0.481 e. The first-order valence-electron chi connectivity index (χ1n) is 11.4. The lowest BCUT2D eigenvalue weighted by Gasteiger charge is -2.40. The molecule has 1 aromatic carbocycles. The number of nitrogens with zero attached hydrogens (tertiary/aromatic N) is 1. The van der Waals surface area contributed by atoms with E-state index in [1.807, 2.05) is 24.3 Å². The summed E-state index contributed by atoms with van der Waals surface area (Å²) in [5.74, 6) is 0.770. The number of rotatable bonds is 6. The fourth-order valence-corrected chi connectivity index (χ4v) is 4.85. The SMILES string of the molecule is NC1CCC(N2CCC(CNc3ccc(OC4CCC(=O)NC4=O)cc3)CC2)CC1. The van der Waals surface area contributed by atoms with Crippen molar-refractivity contribution in [3.8, 4) is 5.75 Å².